The molecule has 1 unspecified atom stereocenters. The average molecular weight is 153 g/mol. The highest BCUT2D eigenvalue weighted by Crippen LogP contribution is 1.82. The van der Waals surface area contributed by atoms with Crippen LogP contribution in [0.1, 0.15) is 13.3 Å². The number of hydrogen-bond acceptors (Lipinski definition) is 3. The second-order valence-electron chi connectivity index (χ2n) is 2.11. The van der Waals surface area contributed by atoms with E-state index in [2.05, 4.69) is 15.3 Å². The lowest BCUT2D eigenvalue weighted by molar-refractivity contribution is 0.617. The van der Waals surface area contributed by atoms with E-state index in [1.54, 1.807) is 6.92 Å². The first-order valence-corrected chi connectivity index (χ1v) is 3.45. The molecule has 0 aliphatic heterocycles. The van der Waals surface area contributed by atoms with E-state index in [1.165, 1.54) is 0 Å². The van der Waals surface area contributed by atoms with Crippen molar-refractivity contribution >= 4 is 0 Å². The van der Waals surface area contributed by atoms with Crippen LogP contribution in [-0.4, -0.2) is 19.1 Å². The summed E-state index contributed by atoms with van der Waals surface area (Å²) in [5.41, 5.74) is 7.91. The Morgan fingerprint density at radius 1 is 1.82 bits per heavy atom. The highest BCUT2D eigenvalue weighted by molar-refractivity contribution is 4.84. The van der Waals surface area contributed by atoms with Crippen molar-refractivity contribution in [2.45, 2.75) is 19.4 Å². The van der Waals surface area contributed by atoms with Gasteiger partial charge in [-0.2, -0.15) is 5.26 Å². The molecule has 5 nitrogen and oxygen atoms in total. The Balaban J connectivity index is 3.15. The number of nitrogens with one attached hydrogen (secondary N) is 1. The monoisotopic (exact) mass is 153 g/mol. The van der Waals surface area contributed by atoms with E-state index in [0.29, 0.717) is 13.1 Å². The van der Waals surface area contributed by atoms with Gasteiger partial charge in [-0.05, 0) is 25.4 Å². The summed E-state index contributed by atoms with van der Waals surface area (Å²) in [5.74, 6) is 0. The quantitative estimate of drug-likeness (QED) is 0.278. The summed E-state index contributed by atoms with van der Waals surface area (Å²) >= 11 is 0. The molecule has 0 aromatic heterocycles. The third-order valence-corrected chi connectivity index (χ3v) is 1.14. The van der Waals surface area contributed by atoms with Gasteiger partial charge in [0.25, 0.3) is 0 Å². The molecule has 0 aromatic rings. The fraction of sp³-hybridized carbons (Fsp3) is 0.833. The van der Waals surface area contributed by atoms with Crippen LogP contribution in [0.5, 0.6) is 0 Å². The number of hydrogen-bond donors (Lipinski definition) is 1. The molecule has 0 aliphatic rings. The van der Waals surface area contributed by atoms with Crippen molar-refractivity contribution in [3.63, 3.8) is 0 Å². The molecule has 0 amide bonds. The molecule has 0 saturated carbocycles. The fourth-order valence-corrected chi connectivity index (χ4v) is 0.559. The van der Waals surface area contributed by atoms with Crippen LogP contribution < -0.4 is 5.32 Å². The maximum Gasteiger partial charge on any atom is 0.0924 e. The van der Waals surface area contributed by atoms with Crippen molar-refractivity contribution < 1.29 is 0 Å². The molecule has 0 spiro atoms. The Morgan fingerprint density at radius 2 is 2.55 bits per heavy atom. The van der Waals surface area contributed by atoms with Crippen LogP contribution in [0.15, 0.2) is 5.11 Å². The topological polar surface area (TPSA) is 84.6 Å². The van der Waals surface area contributed by atoms with Gasteiger partial charge in [0.15, 0.2) is 0 Å². The van der Waals surface area contributed by atoms with Crippen molar-refractivity contribution in [1.82, 2.24) is 5.32 Å². The second-order valence-corrected chi connectivity index (χ2v) is 2.11. The minimum atomic E-state index is -0.124. The Bertz CT molecular complexity index is 176. The first-order chi connectivity index (χ1) is 5.31. The molecule has 0 aromatic carbocycles. The van der Waals surface area contributed by atoms with Gasteiger partial charge in [-0.3, -0.25) is 0 Å². The number of rotatable bonds is 5. The molecule has 0 bridgehead atoms. The van der Waals surface area contributed by atoms with Crippen molar-refractivity contribution in [2.75, 3.05) is 13.1 Å². The van der Waals surface area contributed by atoms with Gasteiger partial charge < -0.3 is 5.32 Å². The van der Waals surface area contributed by atoms with Gasteiger partial charge in [0.1, 0.15) is 0 Å². The minimum Gasteiger partial charge on any atom is -0.302 e. The van der Waals surface area contributed by atoms with E-state index in [0.717, 1.165) is 6.42 Å². The van der Waals surface area contributed by atoms with Crippen LogP contribution in [0, 0.1) is 11.3 Å². The third-order valence-electron chi connectivity index (χ3n) is 1.14. The van der Waals surface area contributed by atoms with E-state index in [9.17, 15) is 0 Å². The zero-order valence-electron chi connectivity index (χ0n) is 6.49. The van der Waals surface area contributed by atoms with Gasteiger partial charge in [-0.25, -0.2) is 0 Å². The molecular formula is C6H11N5. The fourth-order valence-electron chi connectivity index (χ4n) is 0.559. The summed E-state index contributed by atoms with van der Waals surface area (Å²) < 4.78 is 0. The molecule has 11 heavy (non-hydrogen) atoms. The number of azide groups is 1. The van der Waals surface area contributed by atoms with Crippen molar-refractivity contribution in [1.29, 1.82) is 5.26 Å². The van der Waals surface area contributed by atoms with Gasteiger partial charge >= 0.3 is 0 Å². The summed E-state index contributed by atoms with van der Waals surface area (Å²) in [5, 5.41) is 14.6. The Kier molecular flexibility index (Phi) is 6.10. The first-order valence-electron chi connectivity index (χ1n) is 3.45. The maximum absolute atomic E-state index is 8.34. The molecular weight excluding hydrogens is 142 g/mol. The van der Waals surface area contributed by atoms with Gasteiger partial charge in [0, 0.05) is 11.5 Å². The molecule has 0 saturated heterocycles. The van der Waals surface area contributed by atoms with E-state index in [-0.39, 0.29) is 6.04 Å². The Hall–Kier alpha value is -1.24. The van der Waals surface area contributed by atoms with E-state index in [4.69, 9.17) is 10.8 Å². The van der Waals surface area contributed by atoms with Crippen molar-refractivity contribution in [3.8, 4) is 6.07 Å². The van der Waals surface area contributed by atoms with Gasteiger partial charge in [-0.15, -0.1) is 0 Å². The predicted octanol–water partition coefficient (Wildman–Crippen LogP) is 1.19. The molecule has 0 radical (unpaired) electrons. The van der Waals surface area contributed by atoms with Crippen LogP contribution in [0.25, 0.3) is 10.4 Å². The molecule has 5 heteroatoms. The minimum absolute atomic E-state index is 0.124. The van der Waals surface area contributed by atoms with Crippen molar-refractivity contribution in [3.05, 3.63) is 10.4 Å². The summed E-state index contributed by atoms with van der Waals surface area (Å²) in [4.78, 5) is 2.60. The van der Waals surface area contributed by atoms with Crippen LogP contribution in [-0.2, 0) is 0 Å². The first kappa shape index (κ1) is 9.76. The SMILES string of the molecule is CC(C#N)NCCCN=[N+]=[N-]. The van der Waals surface area contributed by atoms with E-state index < -0.39 is 0 Å². The lowest BCUT2D eigenvalue weighted by atomic mass is 10.3. The van der Waals surface area contributed by atoms with E-state index >= 15 is 0 Å². The molecule has 1 N–H and O–H groups in total. The van der Waals surface area contributed by atoms with Gasteiger partial charge in [-0.1, -0.05) is 5.11 Å². The molecule has 0 fully saturated rings. The highest BCUT2D eigenvalue weighted by Gasteiger charge is 1.94. The van der Waals surface area contributed by atoms with Gasteiger partial charge in [0.05, 0.1) is 12.1 Å². The summed E-state index contributed by atoms with van der Waals surface area (Å²) in [7, 11) is 0. The molecule has 0 rings (SSSR count). The van der Waals surface area contributed by atoms with Crippen LogP contribution >= 0.6 is 0 Å². The van der Waals surface area contributed by atoms with Crippen LogP contribution in [0.2, 0.25) is 0 Å². The normalized spacial score (nSPS) is 11.3. The second kappa shape index (κ2) is 6.87. The van der Waals surface area contributed by atoms with Crippen LogP contribution in [0.4, 0.5) is 0 Å². The standard InChI is InChI=1S/C6H11N5/c1-6(5-7)9-3-2-4-10-11-8/h6,9H,2-4H2,1H3. The summed E-state index contributed by atoms with van der Waals surface area (Å²) in [6.45, 7) is 2.99. The predicted molar refractivity (Wildman–Crippen MR) is 41.7 cm³/mol. The average Bonchev–Trinajstić information content (AvgIpc) is 2.04. The Labute approximate surface area is 65.6 Å². The zero-order valence-corrected chi connectivity index (χ0v) is 6.49. The highest BCUT2D eigenvalue weighted by atomic mass is 15.1. The third kappa shape index (κ3) is 6.65. The lowest BCUT2D eigenvalue weighted by Crippen LogP contribution is -2.25. The van der Waals surface area contributed by atoms with Crippen LogP contribution in [0.3, 0.4) is 0 Å². The molecule has 1 atom stereocenters. The smallest absolute Gasteiger partial charge is 0.0924 e. The Morgan fingerprint density at radius 3 is 3.09 bits per heavy atom. The summed E-state index contributed by atoms with van der Waals surface area (Å²) in [6.07, 6.45) is 0.774. The van der Waals surface area contributed by atoms with Gasteiger partial charge in [0.2, 0.25) is 0 Å². The maximum atomic E-state index is 8.34. The zero-order chi connectivity index (χ0) is 8.53. The summed E-state index contributed by atoms with van der Waals surface area (Å²) in [6, 6.07) is 1.92. The molecule has 60 valence electrons. The molecule has 0 aliphatic carbocycles. The van der Waals surface area contributed by atoms with Crippen molar-refractivity contribution in [2.24, 2.45) is 5.11 Å². The number of nitriles is 1. The van der Waals surface area contributed by atoms with E-state index in [1.807, 2.05) is 6.07 Å². The largest absolute Gasteiger partial charge is 0.302 e. The number of nitrogens with zero attached hydrogens (tertiary/aromatic N) is 4. The molecule has 0 heterocycles. The lowest BCUT2D eigenvalue weighted by Gasteiger charge is -2.02.